The molecule has 0 saturated heterocycles. The molecule has 0 saturated carbocycles. The molecule has 160 valence electrons. The number of phenolic OH excluding ortho intramolecular Hbond substituents is 1. The number of fused-ring (bicyclic) bond motifs is 1. The molecule has 1 N–H and O–H groups in total. The lowest BCUT2D eigenvalue weighted by Crippen LogP contribution is -2.39. The van der Waals surface area contributed by atoms with Crippen molar-refractivity contribution in [3.63, 3.8) is 0 Å². The SMILES string of the molecule is CCOC(=O)C1=C(C)N=c2s/c(=C/c3ccn(CC)n3)c(=O)n2[C@@H]1c1ccc(O)cc1. The smallest absolute Gasteiger partial charge is 0.338 e. The van der Waals surface area contributed by atoms with Gasteiger partial charge in [-0.3, -0.25) is 14.0 Å². The van der Waals surface area contributed by atoms with E-state index in [4.69, 9.17) is 4.74 Å². The summed E-state index contributed by atoms with van der Waals surface area (Å²) in [5.74, 6) is -0.418. The lowest BCUT2D eigenvalue weighted by Gasteiger charge is -2.24. The van der Waals surface area contributed by atoms with Crippen LogP contribution in [0, 0.1) is 0 Å². The van der Waals surface area contributed by atoms with Crippen LogP contribution >= 0.6 is 11.3 Å². The number of aromatic nitrogens is 3. The van der Waals surface area contributed by atoms with E-state index in [2.05, 4.69) is 10.1 Å². The van der Waals surface area contributed by atoms with E-state index in [0.29, 0.717) is 31.9 Å². The van der Waals surface area contributed by atoms with E-state index in [1.165, 1.54) is 28.0 Å². The number of nitrogens with zero attached hydrogens (tertiary/aromatic N) is 4. The summed E-state index contributed by atoms with van der Waals surface area (Å²) in [6.07, 6.45) is 3.58. The predicted octanol–water partition coefficient (Wildman–Crippen LogP) is 1.72. The topological polar surface area (TPSA) is 98.7 Å². The number of phenols is 1. The van der Waals surface area contributed by atoms with Gasteiger partial charge in [0.15, 0.2) is 4.80 Å². The van der Waals surface area contributed by atoms with Crippen molar-refractivity contribution < 1.29 is 14.6 Å². The summed E-state index contributed by atoms with van der Waals surface area (Å²) >= 11 is 1.25. The van der Waals surface area contributed by atoms with Crippen LogP contribution in [0.25, 0.3) is 6.08 Å². The lowest BCUT2D eigenvalue weighted by atomic mass is 9.96. The van der Waals surface area contributed by atoms with E-state index in [-0.39, 0.29) is 17.9 Å². The van der Waals surface area contributed by atoms with Crippen LogP contribution in [0.2, 0.25) is 0 Å². The van der Waals surface area contributed by atoms with Gasteiger partial charge in [-0.1, -0.05) is 23.5 Å². The Morgan fingerprint density at radius 3 is 2.65 bits per heavy atom. The van der Waals surface area contributed by atoms with Crippen LogP contribution < -0.4 is 14.9 Å². The number of thiazole rings is 1. The highest BCUT2D eigenvalue weighted by Gasteiger charge is 2.33. The van der Waals surface area contributed by atoms with Crippen molar-refractivity contribution in [2.24, 2.45) is 4.99 Å². The largest absolute Gasteiger partial charge is 0.508 e. The Morgan fingerprint density at radius 2 is 2.00 bits per heavy atom. The second-order valence-corrected chi connectivity index (χ2v) is 8.00. The number of allylic oxidation sites excluding steroid dienone is 1. The molecule has 3 heterocycles. The first-order chi connectivity index (χ1) is 14.9. The third-order valence-electron chi connectivity index (χ3n) is 4.99. The van der Waals surface area contributed by atoms with E-state index in [1.54, 1.807) is 36.7 Å². The third kappa shape index (κ3) is 3.84. The van der Waals surface area contributed by atoms with Crippen molar-refractivity contribution in [3.8, 4) is 5.75 Å². The monoisotopic (exact) mass is 438 g/mol. The van der Waals surface area contributed by atoms with Gasteiger partial charge in [0.25, 0.3) is 5.56 Å². The summed E-state index contributed by atoms with van der Waals surface area (Å²) in [7, 11) is 0. The van der Waals surface area contributed by atoms with Crippen molar-refractivity contribution in [1.82, 2.24) is 14.3 Å². The highest BCUT2D eigenvalue weighted by atomic mass is 32.1. The molecule has 0 aliphatic carbocycles. The first-order valence-electron chi connectivity index (χ1n) is 9.95. The maximum Gasteiger partial charge on any atom is 0.338 e. The molecule has 2 aromatic heterocycles. The van der Waals surface area contributed by atoms with Gasteiger partial charge in [-0.15, -0.1) is 0 Å². The molecule has 1 atom stereocenters. The minimum absolute atomic E-state index is 0.0982. The number of aromatic hydroxyl groups is 1. The number of carbonyl (C=O) groups excluding carboxylic acids is 1. The minimum atomic E-state index is -0.703. The Balaban J connectivity index is 1.93. The fourth-order valence-corrected chi connectivity index (χ4v) is 4.56. The second-order valence-electron chi connectivity index (χ2n) is 6.99. The molecular weight excluding hydrogens is 416 g/mol. The Kier molecular flexibility index (Phi) is 5.60. The van der Waals surface area contributed by atoms with Crippen LogP contribution in [-0.4, -0.2) is 32.0 Å². The summed E-state index contributed by atoms with van der Waals surface area (Å²) in [6, 6.07) is 7.58. The summed E-state index contributed by atoms with van der Waals surface area (Å²) in [5, 5.41) is 14.1. The number of carbonyl (C=O) groups is 1. The number of ether oxygens (including phenoxy) is 1. The van der Waals surface area contributed by atoms with E-state index >= 15 is 0 Å². The molecule has 0 unspecified atom stereocenters. The molecule has 1 aromatic carbocycles. The molecule has 0 spiro atoms. The molecule has 9 heteroatoms. The minimum Gasteiger partial charge on any atom is -0.508 e. The quantitative estimate of drug-likeness (QED) is 0.612. The van der Waals surface area contributed by atoms with Crippen LogP contribution in [-0.2, 0) is 16.1 Å². The van der Waals surface area contributed by atoms with Gasteiger partial charge in [0, 0.05) is 12.7 Å². The molecule has 8 nitrogen and oxygen atoms in total. The predicted molar refractivity (Wildman–Crippen MR) is 116 cm³/mol. The fourth-order valence-electron chi connectivity index (χ4n) is 3.53. The van der Waals surface area contributed by atoms with Gasteiger partial charge in [-0.25, -0.2) is 9.79 Å². The van der Waals surface area contributed by atoms with Crippen LogP contribution in [0.3, 0.4) is 0 Å². The average molecular weight is 439 g/mol. The number of benzene rings is 1. The molecule has 1 aliphatic heterocycles. The van der Waals surface area contributed by atoms with Gasteiger partial charge < -0.3 is 9.84 Å². The van der Waals surface area contributed by atoms with Gasteiger partial charge in [0.2, 0.25) is 0 Å². The molecule has 1 aliphatic rings. The number of aryl methyl sites for hydroxylation is 1. The standard InChI is InChI=1S/C22H22N4O4S/c1-4-25-11-10-15(24-25)12-17-20(28)26-19(14-6-8-16(27)9-7-14)18(21(29)30-5-2)13(3)23-22(26)31-17/h6-12,19,27H,4-5H2,1-3H3/b17-12+/t19-/m1/s1. The van der Waals surface area contributed by atoms with Crippen molar-refractivity contribution >= 4 is 23.4 Å². The van der Waals surface area contributed by atoms with Crippen molar-refractivity contribution in [3.05, 3.63) is 78.7 Å². The maximum absolute atomic E-state index is 13.4. The van der Waals surface area contributed by atoms with Crippen molar-refractivity contribution in [2.45, 2.75) is 33.4 Å². The van der Waals surface area contributed by atoms with E-state index in [9.17, 15) is 14.7 Å². The van der Waals surface area contributed by atoms with Crippen molar-refractivity contribution in [1.29, 1.82) is 0 Å². The van der Waals surface area contributed by atoms with Crippen LogP contribution in [0.4, 0.5) is 0 Å². The zero-order chi connectivity index (χ0) is 22.1. The summed E-state index contributed by atoms with van der Waals surface area (Å²) in [5.41, 5.74) is 1.90. The fraction of sp³-hybridized carbons (Fsp3) is 0.273. The van der Waals surface area contributed by atoms with Gasteiger partial charge in [0.1, 0.15) is 5.75 Å². The molecule has 4 rings (SSSR count). The first-order valence-corrected chi connectivity index (χ1v) is 10.8. The Hall–Kier alpha value is -3.46. The van der Waals surface area contributed by atoms with Crippen LogP contribution in [0.15, 0.2) is 57.6 Å². The van der Waals surface area contributed by atoms with Gasteiger partial charge in [0.05, 0.1) is 34.1 Å². The highest BCUT2D eigenvalue weighted by Crippen LogP contribution is 2.31. The Morgan fingerprint density at radius 1 is 1.26 bits per heavy atom. The maximum atomic E-state index is 13.4. The average Bonchev–Trinajstić information content (AvgIpc) is 3.32. The third-order valence-corrected chi connectivity index (χ3v) is 5.97. The van der Waals surface area contributed by atoms with E-state index in [1.807, 2.05) is 19.2 Å². The Bertz CT molecular complexity index is 1350. The normalized spacial score (nSPS) is 16.2. The van der Waals surface area contributed by atoms with Gasteiger partial charge in [-0.2, -0.15) is 5.10 Å². The molecule has 0 fully saturated rings. The van der Waals surface area contributed by atoms with Crippen LogP contribution in [0.5, 0.6) is 5.75 Å². The lowest BCUT2D eigenvalue weighted by molar-refractivity contribution is -0.139. The number of hydrogen-bond acceptors (Lipinski definition) is 7. The Labute approximate surface area is 182 Å². The zero-order valence-corrected chi connectivity index (χ0v) is 18.2. The molecule has 0 amide bonds. The zero-order valence-electron chi connectivity index (χ0n) is 17.4. The number of rotatable bonds is 5. The molecular formula is C22H22N4O4S. The van der Waals surface area contributed by atoms with Crippen LogP contribution in [0.1, 0.15) is 38.1 Å². The summed E-state index contributed by atoms with van der Waals surface area (Å²) in [4.78, 5) is 31.2. The van der Waals surface area contributed by atoms with Crippen molar-refractivity contribution in [2.75, 3.05) is 6.61 Å². The van der Waals surface area contributed by atoms with E-state index < -0.39 is 12.0 Å². The van der Waals surface area contributed by atoms with Gasteiger partial charge >= 0.3 is 5.97 Å². The molecule has 0 bridgehead atoms. The molecule has 0 radical (unpaired) electrons. The summed E-state index contributed by atoms with van der Waals surface area (Å²) < 4.78 is 9.03. The first kappa shape index (κ1) is 20.8. The number of hydrogen-bond donors (Lipinski definition) is 1. The highest BCUT2D eigenvalue weighted by molar-refractivity contribution is 7.07. The van der Waals surface area contributed by atoms with Gasteiger partial charge in [-0.05, 0) is 50.6 Å². The molecule has 3 aromatic rings. The van der Waals surface area contributed by atoms with E-state index in [0.717, 1.165) is 6.54 Å². The number of esters is 1. The summed E-state index contributed by atoms with van der Waals surface area (Å²) in [6.45, 7) is 6.40. The molecule has 31 heavy (non-hydrogen) atoms. The second kappa shape index (κ2) is 8.35.